The lowest BCUT2D eigenvalue weighted by molar-refractivity contribution is 0.0417. The fourth-order valence-electron chi connectivity index (χ4n) is 4.21. The van der Waals surface area contributed by atoms with Crippen molar-refractivity contribution in [1.29, 1.82) is 0 Å². The number of likely N-dealkylation sites (tertiary alicyclic amines) is 1. The van der Waals surface area contributed by atoms with E-state index in [9.17, 15) is 5.11 Å². The van der Waals surface area contributed by atoms with E-state index in [-0.39, 0.29) is 24.0 Å². The molecule has 27 heavy (non-hydrogen) atoms. The maximum Gasteiger partial charge on any atom is 0.191 e. The summed E-state index contributed by atoms with van der Waals surface area (Å²) in [5.41, 5.74) is -0.675. The van der Waals surface area contributed by atoms with Crippen molar-refractivity contribution < 1.29 is 5.11 Å². The van der Waals surface area contributed by atoms with Gasteiger partial charge in [-0.15, -0.1) is 24.0 Å². The Kier molecular flexibility index (Phi) is 12.2. The van der Waals surface area contributed by atoms with Crippen LogP contribution in [0, 0.1) is 5.92 Å². The summed E-state index contributed by atoms with van der Waals surface area (Å²) in [6, 6.07) is 0.492. The second kappa shape index (κ2) is 13.2. The highest BCUT2D eigenvalue weighted by molar-refractivity contribution is 14.0. The monoisotopic (exact) mass is 494 g/mol. The molecular formula is C21H43IN4O. The Morgan fingerprint density at radius 3 is 2.22 bits per heavy atom. The zero-order chi connectivity index (χ0) is 18.8. The minimum atomic E-state index is -0.675. The molecule has 0 aromatic heterocycles. The number of nitrogens with one attached hydrogen (secondary N) is 2. The predicted molar refractivity (Wildman–Crippen MR) is 126 cm³/mol. The first kappa shape index (κ1) is 25.0. The normalized spacial score (nSPS) is 21.0. The van der Waals surface area contributed by atoms with Crippen LogP contribution in [0.15, 0.2) is 4.99 Å². The number of hydrogen-bond acceptors (Lipinski definition) is 3. The van der Waals surface area contributed by atoms with E-state index >= 15 is 0 Å². The minimum Gasteiger partial charge on any atom is -0.388 e. The number of nitrogens with zero attached hydrogens (tertiary/aromatic N) is 2. The molecule has 0 aromatic rings. The van der Waals surface area contributed by atoms with Crippen LogP contribution in [-0.4, -0.2) is 60.3 Å². The molecule has 160 valence electrons. The van der Waals surface area contributed by atoms with Crippen LogP contribution >= 0.6 is 24.0 Å². The molecule has 0 aromatic carbocycles. The van der Waals surface area contributed by atoms with E-state index in [4.69, 9.17) is 0 Å². The number of guanidine groups is 1. The molecule has 2 fully saturated rings. The smallest absolute Gasteiger partial charge is 0.191 e. The van der Waals surface area contributed by atoms with Crippen LogP contribution in [0.1, 0.15) is 78.6 Å². The molecule has 0 unspecified atom stereocenters. The van der Waals surface area contributed by atoms with Crippen LogP contribution in [0.5, 0.6) is 0 Å². The maximum atomic E-state index is 10.5. The fourth-order valence-corrected chi connectivity index (χ4v) is 4.21. The number of halogens is 1. The van der Waals surface area contributed by atoms with E-state index in [0.717, 1.165) is 31.3 Å². The summed E-state index contributed by atoms with van der Waals surface area (Å²) in [6.45, 7) is 11.2. The Morgan fingerprint density at radius 2 is 1.67 bits per heavy atom. The second-order valence-corrected chi connectivity index (χ2v) is 8.35. The minimum absolute atomic E-state index is 0. The van der Waals surface area contributed by atoms with E-state index in [1.807, 2.05) is 13.8 Å². The third kappa shape index (κ3) is 8.86. The van der Waals surface area contributed by atoms with Gasteiger partial charge < -0.3 is 20.6 Å². The quantitative estimate of drug-likeness (QED) is 0.273. The summed E-state index contributed by atoms with van der Waals surface area (Å²) in [4.78, 5) is 7.34. The standard InChI is InChI=1S/C21H42N4O.HI/c1-4-21(26,5-2)17-23-20(22-6-3)24-19-12-14-25(15-13-19)16-18-10-8-7-9-11-18;/h18-19,26H,4-17H2,1-3H3,(H2,22,23,24);1H. The van der Waals surface area contributed by atoms with Crippen LogP contribution in [-0.2, 0) is 0 Å². The summed E-state index contributed by atoms with van der Waals surface area (Å²) in [6.07, 6.45) is 11.0. The Hall–Kier alpha value is -0.0800. The van der Waals surface area contributed by atoms with Crippen LogP contribution in [0.2, 0.25) is 0 Å². The van der Waals surface area contributed by atoms with E-state index < -0.39 is 5.60 Å². The molecule has 0 spiro atoms. The Balaban J connectivity index is 0.00000364. The van der Waals surface area contributed by atoms with E-state index in [1.54, 1.807) is 0 Å². The molecule has 6 heteroatoms. The summed E-state index contributed by atoms with van der Waals surface area (Å²) in [7, 11) is 0. The first-order chi connectivity index (χ1) is 12.6. The van der Waals surface area contributed by atoms with Gasteiger partial charge in [-0.05, 0) is 51.4 Å². The highest BCUT2D eigenvalue weighted by Gasteiger charge is 2.24. The number of piperidine rings is 1. The summed E-state index contributed by atoms with van der Waals surface area (Å²) in [5.74, 6) is 1.80. The molecule has 0 radical (unpaired) electrons. The number of aliphatic imine (C=N–C) groups is 1. The van der Waals surface area contributed by atoms with Crippen molar-refractivity contribution in [1.82, 2.24) is 15.5 Å². The summed E-state index contributed by atoms with van der Waals surface area (Å²) < 4.78 is 0. The van der Waals surface area contributed by atoms with Gasteiger partial charge in [-0.3, -0.25) is 4.99 Å². The van der Waals surface area contributed by atoms with Gasteiger partial charge in [0.05, 0.1) is 12.1 Å². The molecule has 0 amide bonds. The van der Waals surface area contributed by atoms with Crippen molar-refractivity contribution in [2.45, 2.75) is 90.2 Å². The Bertz CT molecular complexity index is 414. The first-order valence-electron chi connectivity index (χ1n) is 11.1. The largest absolute Gasteiger partial charge is 0.388 e. The van der Waals surface area contributed by atoms with Crippen LogP contribution < -0.4 is 10.6 Å². The second-order valence-electron chi connectivity index (χ2n) is 8.35. The summed E-state index contributed by atoms with van der Waals surface area (Å²) >= 11 is 0. The number of hydrogen-bond donors (Lipinski definition) is 3. The highest BCUT2D eigenvalue weighted by atomic mass is 127. The van der Waals surface area contributed by atoms with E-state index in [1.165, 1.54) is 64.6 Å². The first-order valence-corrected chi connectivity index (χ1v) is 11.1. The van der Waals surface area contributed by atoms with E-state index in [0.29, 0.717) is 12.6 Å². The molecule has 3 N–H and O–H groups in total. The molecule has 2 aliphatic rings. The SMILES string of the molecule is CCNC(=NCC(O)(CC)CC)NC1CCN(CC2CCCCC2)CC1.I. The van der Waals surface area contributed by atoms with Crippen molar-refractivity contribution in [2.75, 3.05) is 32.7 Å². The van der Waals surface area contributed by atoms with E-state index in [2.05, 4.69) is 27.4 Å². The lowest BCUT2D eigenvalue weighted by Crippen LogP contribution is -2.49. The van der Waals surface area contributed by atoms with Crippen molar-refractivity contribution in [3.63, 3.8) is 0 Å². The van der Waals surface area contributed by atoms with Gasteiger partial charge in [0.25, 0.3) is 0 Å². The zero-order valence-corrected chi connectivity index (χ0v) is 20.1. The van der Waals surface area contributed by atoms with Gasteiger partial charge in [-0.2, -0.15) is 0 Å². The predicted octanol–water partition coefficient (Wildman–Crippen LogP) is 3.76. The molecule has 1 aliphatic carbocycles. The molecule has 1 saturated heterocycles. The lowest BCUT2D eigenvalue weighted by atomic mass is 9.88. The van der Waals surface area contributed by atoms with Gasteiger partial charge in [0, 0.05) is 32.2 Å². The van der Waals surface area contributed by atoms with Crippen molar-refractivity contribution in [3.05, 3.63) is 0 Å². The third-order valence-corrected chi connectivity index (χ3v) is 6.36. The maximum absolute atomic E-state index is 10.5. The molecule has 1 heterocycles. The van der Waals surface area contributed by atoms with Crippen LogP contribution in [0.3, 0.4) is 0 Å². The topological polar surface area (TPSA) is 59.9 Å². The summed E-state index contributed by atoms with van der Waals surface area (Å²) in [5, 5.41) is 17.4. The molecule has 1 saturated carbocycles. The molecule has 5 nitrogen and oxygen atoms in total. The molecular weight excluding hydrogens is 451 g/mol. The van der Waals surface area contributed by atoms with Crippen molar-refractivity contribution in [3.8, 4) is 0 Å². The molecule has 1 aliphatic heterocycles. The Labute approximate surface area is 184 Å². The Morgan fingerprint density at radius 1 is 1.04 bits per heavy atom. The van der Waals surface area contributed by atoms with Gasteiger partial charge >= 0.3 is 0 Å². The van der Waals surface area contributed by atoms with Crippen molar-refractivity contribution >= 4 is 29.9 Å². The number of aliphatic hydroxyl groups is 1. The van der Waals surface area contributed by atoms with Gasteiger partial charge in [-0.1, -0.05) is 33.1 Å². The van der Waals surface area contributed by atoms with Crippen LogP contribution in [0.4, 0.5) is 0 Å². The molecule has 2 rings (SSSR count). The van der Waals surface area contributed by atoms with Gasteiger partial charge in [0.1, 0.15) is 0 Å². The highest BCUT2D eigenvalue weighted by Crippen LogP contribution is 2.25. The average Bonchev–Trinajstić information content (AvgIpc) is 2.68. The lowest BCUT2D eigenvalue weighted by Gasteiger charge is -2.36. The number of rotatable bonds is 8. The van der Waals surface area contributed by atoms with Gasteiger partial charge in [0.15, 0.2) is 5.96 Å². The zero-order valence-electron chi connectivity index (χ0n) is 17.8. The van der Waals surface area contributed by atoms with Gasteiger partial charge in [0.2, 0.25) is 0 Å². The average molecular weight is 495 g/mol. The molecule has 0 atom stereocenters. The third-order valence-electron chi connectivity index (χ3n) is 6.36. The fraction of sp³-hybridized carbons (Fsp3) is 0.952. The van der Waals surface area contributed by atoms with Crippen molar-refractivity contribution in [2.24, 2.45) is 10.9 Å². The molecule has 0 bridgehead atoms. The van der Waals surface area contributed by atoms with Gasteiger partial charge in [-0.25, -0.2) is 0 Å². The van der Waals surface area contributed by atoms with Crippen LogP contribution in [0.25, 0.3) is 0 Å².